The maximum absolute atomic E-state index is 13.9. The molecule has 17 heavy (non-hydrogen) atoms. The summed E-state index contributed by atoms with van der Waals surface area (Å²) in [6.07, 6.45) is 3.59. The molecular formula is C14H18BrFO. The Morgan fingerprint density at radius 2 is 1.94 bits per heavy atom. The number of rotatable bonds is 2. The molecule has 1 atom stereocenters. The number of hydrogen-bond acceptors (Lipinski definition) is 1. The van der Waals surface area contributed by atoms with Crippen molar-refractivity contribution in [2.24, 2.45) is 11.8 Å². The van der Waals surface area contributed by atoms with Gasteiger partial charge < -0.3 is 5.11 Å². The Kier molecular flexibility index (Phi) is 4.21. The van der Waals surface area contributed by atoms with Gasteiger partial charge in [0.1, 0.15) is 5.82 Å². The summed E-state index contributed by atoms with van der Waals surface area (Å²) < 4.78 is 14.3. The van der Waals surface area contributed by atoms with Gasteiger partial charge in [-0.1, -0.05) is 31.9 Å². The first kappa shape index (κ1) is 13.0. The molecule has 1 nitrogen and oxygen atoms in total. The molecule has 1 fully saturated rings. The molecule has 1 aromatic carbocycles. The van der Waals surface area contributed by atoms with Gasteiger partial charge in [0.15, 0.2) is 0 Å². The molecule has 1 aromatic rings. The average molecular weight is 301 g/mol. The van der Waals surface area contributed by atoms with E-state index in [1.54, 1.807) is 18.2 Å². The van der Waals surface area contributed by atoms with Crippen LogP contribution < -0.4 is 0 Å². The van der Waals surface area contributed by atoms with Crippen LogP contribution in [0, 0.1) is 17.7 Å². The minimum Gasteiger partial charge on any atom is -0.388 e. The molecule has 0 aliphatic heterocycles. The summed E-state index contributed by atoms with van der Waals surface area (Å²) in [6, 6.07) is 5.12. The van der Waals surface area contributed by atoms with E-state index in [0.29, 0.717) is 10.0 Å². The molecule has 0 radical (unpaired) electrons. The molecule has 0 amide bonds. The smallest absolute Gasteiger partial charge is 0.143 e. The van der Waals surface area contributed by atoms with Crippen molar-refractivity contribution in [3.8, 4) is 0 Å². The largest absolute Gasteiger partial charge is 0.388 e. The Hall–Kier alpha value is -0.410. The zero-order valence-electron chi connectivity index (χ0n) is 10.00. The van der Waals surface area contributed by atoms with Gasteiger partial charge in [0, 0.05) is 5.56 Å². The predicted octanol–water partition coefficient (Wildman–Crippen LogP) is 4.45. The molecule has 1 saturated carbocycles. The molecule has 0 saturated heterocycles. The highest BCUT2D eigenvalue weighted by Crippen LogP contribution is 2.38. The predicted molar refractivity (Wildman–Crippen MR) is 70.2 cm³/mol. The first-order valence-corrected chi connectivity index (χ1v) is 7.01. The summed E-state index contributed by atoms with van der Waals surface area (Å²) >= 11 is 3.16. The molecule has 0 aromatic heterocycles. The van der Waals surface area contributed by atoms with Crippen LogP contribution in [0.2, 0.25) is 0 Å². The van der Waals surface area contributed by atoms with Crippen molar-refractivity contribution < 1.29 is 9.50 Å². The van der Waals surface area contributed by atoms with Crippen LogP contribution in [0.5, 0.6) is 0 Å². The van der Waals surface area contributed by atoms with E-state index in [4.69, 9.17) is 0 Å². The summed E-state index contributed by atoms with van der Waals surface area (Å²) in [6.45, 7) is 2.24. The zero-order chi connectivity index (χ0) is 12.4. The quantitative estimate of drug-likeness (QED) is 0.855. The fraction of sp³-hybridized carbons (Fsp3) is 0.571. The van der Waals surface area contributed by atoms with Crippen LogP contribution in [0.4, 0.5) is 4.39 Å². The van der Waals surface area contributed by atoms with Crippen molar-refractivity contribution in [3.63, 3.8) is 0 Å². The molecule has 0 spiro atoms. The molecule has 1 N–H and O–H groups in total. The topological polar surface area (TPSA) is 20.2 Å². The second-order valence-electron chi connectivity index (χ2n) is 5.11. The highest BCUT2D eigenvalue weighted by Gasteiger charge is 2.27. The minimum absolute atomic E-state index is 0.204. The fourth-order valence-electron chi connectivity index (χ4n) is 2.60. The summed E-state index contributed by atoms with van der Waals surface area (Å²) in [7, 11) is 0. The van der Waals surface area contributed by atoms with E-state index in [0.717, 1.165) is 31.6 Å². The van der Waals surface area contributed by atoms with Gasteiger partial charge in [0.25, 0.3) is 0 Å². The maximum Gasteiger partial charge on any atom is 0.143 e. The van der Waals surface area contributed by atoms with Gasteiger partial charge >= 0.3 is 0 Å². The van der Waals surface area contributed by atoms with Gasteiger partial charge in [-0.25, -0.2) is 4.39 Å². The van der Waals surface area contributed by atoms with E-state index in [1.165, 1.54) is 0 Å². The Balaban J connectivity index is 2.14. The Morgan fingerprint density at radius 3 is 2.59 bits per heavy atom. The second kappa shape index (κ2) is 5.49. The number of benzene rings is 1. The van der Waals surface area contributed by atoms with Crippen LogP contribution >= 0.6 is 15.9 Å². The van der Waals surface area contributed by atoms with Gasteiger partial charge in [-0.15, -0.1) is 0 Å². The normalized spacial score (nSPS) is 26.8. The molecule has 1 aliphatic carbocycles. The van der Waals surface area contributed by atoms with E-state index in [-0.39, 0.29) is 11.7 Å². The number of halogens is 2. The van der Waals surface area contributed by atoms with Gasteiger partial charge in [-0.2, -0.15) is 0 Å². The van der Waals surface area contributed by atoms with Crippen LogP contribution in [0.15, 0.2) is 22.7 Å². The van der Waals surface area contributed by atoms with E-state index >= 15 is 0 Å². The maximum atomic E-state index is 13.9. The zero-order valence-corrected chi connectivity index (χ0v) is 11.6. The summed E-state index contributed by atoms with van der Waals surface area (Å²) in [5.41, 5.74) is 0.430. The SMILES string of the molecule is CC1CCC(C(O)c2cccc(Br)c2F)CC1. The summed E-state index contributed by atoms with van der Waals surface area (Å²) in [5, 5.41) is 10.3. The second-order valence-corrected chi connectivity index (χ2v) is 5.96. The number of hydrogen-bond donors (Lipinski definition) is 1. The molecule has 1 aliphatic rings. The Morgan fingerprint density at radius 1 is 1.29 bits per heavy atom. The third kappa shape index (κ3) is 2.89. The first-order valence-electron chi connectivity index (χ1n) is 6.21. The molecule has 94 valence electrons. The van der Waals surface area contributed by atoms with E-state index in [1.807, 2.05) is 0 Å². The average Bonchev–Trinajstić information content (AvgIpc) is 2.33. The lowest BCUT2D eigenvalue weighted by atomic mass is 9.78. The van der Waals surface area contributed by atoms with Crippen LogP contribution in [-0.4, -0.2) is 5.11 Å². The molecule has 3 heteroatoms. The molecule has 2 rings (SSSR count). The Bertz CT molecular complexity index is 386. The molecule has 0 bridgehead atoms. The van der Waals surface area contributed by atoms with Crippen molar-refractivity contribution >= 4 is 15.9 Å². The van der Waals surface area contributed by atoms with Crippen LogP contribution in [0.3, 0.4) is 0 Å². The molecule has 0 heterocycles. The third-order valence-electron chi connectivity index (χ3n) is 3.81. The standard InChI is InChI=1S/C14H18BrFO/c1-9-5-7-10(8-6-9)14(17)11-3-2-4-12(15)13(11)16/h2-4,9-10,14,17H,5-8H2,1H3. The lowest BCUT2D eigenvalue weighted by Crippen LogP contribution is -2.20. The minimum atomic E-state index is -0.667. The lowest BCUT2D eigenvalue weighted by Gasteiger charge is -2.30. The number of aliphatic hydroxyl groups is 1. The van der Waals surface area contributed by atoms with Crippen LogP contribution in [0.25, 0.3) is 0 Å². The summed E-state index contributed by atoms with van der Waals surface area (Å²) in [5.74, 6) is 0.624. The monoisotopic (exact) mass is 300 g/mol. The Labute approximate surface area is 110 Å². The fourth-order valence-corrected chi connectivity index (χ4v) is 2.99. The van der Waals surface area contributed by atoms with Gasteiger partial charge in [-0.05, 0) is 46.7 Å². The van der Waals surface area contributed by atoms with Crippen LogP contribution in [0.1, 0.15) is 44.3 Å². The van der Waals surface area contributed by atoms with Crippen molar-refractivity contribution in [1.82, 2.24) is 0 Å². The van der Waals surface area contributed by atoms with Gasteiger partial charge in [0.05, 0.1) is 10.6 Å². The molecule has 1 unspecified atom stereocenters. The van der Waals surface area contributed by atoms with Crippen molar-refractivity contribution in [3.05, 3.63) is 34.1 Å². The van der Waals surface area contributed by atoms with Gasteiger partial charge in [-0.3, -0.25) is 0 Å². The highest BCUT2D eigenvalue weighted by molar-refractivity contribution is 9.10. The van der Waals surface area contributed by atoms with E-state index in [2.05, 4.69) is 22.9 Å². The third-order valence-corrected chi connectivity index (χ3v) is 4.42. The highest BCUT2D eigenvalue weighted by atomic mass is 79.9. The van der Waals surface area contributed by atoms with E-state index < -0.39 is 6.10 Å². The van der Waals surface area contributed by atoms with Crippen molar-refractivity contribution in [2.75, 3.05) is 0 Å². The first-order chi connectivity index (χ1) is 8.09. The van der Waals surface area contributed by atoms with E-state index in [9.17, 15) is 9.50 Å². The lowest BCUT2D eigenvalue weighted by molar-refractivity contribution is 0.0725. The van der Waals surface area contributed by atoms with Crippen LogP contribution in [-0.2, 0) is 0 Å². The summed E-state index contributed by atoms with van der Waals surface area (Å²) in [4.78, 5) is 0. The van der Waals surface area contributed by atoms with Gasteiger partial charge in [0.2, 0.25) is 0 Å². The molecular weight excluding hydrogens is 283 g/mol. The van der Waals surface area contributed by atoms with Crippen molar-refractivity contribution in [1.29, 1.82) is 0 Å². The number of aliphatic hydroxyl groups excluding tert-OH is 1. The van der Waals surface area contributed by atoms with Crippen molar-refractivity contribution in [2.45, 2.75) is 38.7 Å².